The number of hydrogen-bond donors (Lipinski definition) is 0. The number of rotatable bonds is 8. The second-order valence-corrected chi connectivity index (χ2v) is 9.69. The maximum atomic E-state index is 12.7. The molecule has 2 aromatic rings. The molecule has 3 rings (SSSR count). The summed E-state index contributed by atoms with van der Waals surface area (Å²) in [6.45, 7) is 0. The maximum absolute atomic E-state index is 12.7. The predicted molar refractivity (Wildman–Crippen MR) is 126 cm³/mol. The summed E-state index contributed by atoms with van der Waals surface area (Å²) in [5.74, 6) is -3.01. The lowest BCUT2D eigenvalue weighted by molar-refractivity contribution is -0.147. The van der Waals surface area contributed by atoms with Crippen LogP contribution in [0.15, 0.2) is 70.5 Å². The van der Waals surface area contributed by atoms with Crippen molar-refractivity contribution in [2.75, 3.05) is 28.4 Å². The number of thioether (sulfide) groups is 2. The highest BCUT2D eigenvalue weighted by Crippen LogP contribution is 2.47. The fourth-order valence-corrected chi connectivity index (χ4v) is 4.90. The fraction of sp³-hybridized carbons (Fsp3) is 0.333. The molecule has 0 atom stereocenters. The average molecular weight is 553 g/mol. The van der Waals surface area contributed by atoms with Crippen LogP contribution in [-0.4, -0.2) is 51.0 Å². The summed E-state index contributed by atoms with van der Waals surface area (Å²) in [6, 6.07) is 11.2. The predicted octanol–water partition coefficient (Wildman–Crippen LogP) is 7.37. The van der Waals surface area contributed by atoms with Crippen molar-refractivity contribution >= 4 is 34.7 Å². The molecule has 0 N–H and O–H groups in total. The molecule has 4 nitrogen and oxygen atoms in total. The molecule has 1 aliphatic rings. The van der Waals surface area contributed by atoms with Gasteiger partial charge in [0.15, 0.2) is 0 Å². The van der Waals surface area contributed by atoms with Gasteiger partial charge in [0, 0.05) is 49.4 Å². The third-order valence-electron chi connectivity index (χ3n) is 5.43. The quantitative estimate of drug-likeness (QED) is 0.193. The Morgan fingerprint density at radius 2 is 0.806 bits per heavy atom. The Kier molecular flexibility index (Phi) is 8.58. The van der Waals surface area contributed by atoms with Crippen LogP contribution in [0, 0.1) is 0 Å². The monoisotopic (exact) mass is 552 g/mol. The Morgan fingerprint density at radius 1 is 0.528 bits per heavy atom. The summed E-state index contributed by atoms with van der Waals surface area (Å²) in [7, 11) is 5.54. The van der Waals surface area contributed by atoms with Crippen LogP contribution in [0.2, 0.25) is 0 Å². The molecule has 0 aromatic heterocycles. The minimum atomic E-state index is -4.43. The Balaban J connectivity index is 2.09. The lowest BCUT2D eigenvalue weighted by atomic mass is 9.82. The molecule has 0 fully saturated rings. The van der Waals surface area contributed by atoms with Crippen molar-refractivity contribution in [3.05, 3.63) is 71.8 Å². The second-order valence-electron chi connectivity index (χ2n) is 7.41. The average Bonchev–Trinajstić information content (AvgIpc) is 2.82. The van der Waals surface area contributed by atoms with Gasteiger partial charge in [-0.25, -0.2) is 0 Å². The van der Waals surface area contributed by atoms with Crippen molar-refractivity contribution in [3.63, 3.8) is 0 Å². The third-order valence-corrected chi connectivity index (χ3v) is 6.91. The van der Waals surface area contributed by atoms with Crippen LogP contribution in [0.1, 0.15) is 11.1 Å². The summed E-state index contributed by atoms with van der Waals surface area (Å²) in [4.78, 5) is 0.00164. The Labute approximate surface area is 212 Å². The summed E-state index contributed by atoms with van der Waals surface area (Å²) < 4.78 is 99.3. The highest BCUT2D eigenvalue weighted by Gasteiger charge is 2.46. The normalized spacial score (nSPS) is 17.5. The zero-order valence-corrected chi connectivity index (χ0v) is 21.1. The van der Waals surface area contributed by atoms with Gasteiger partial charge in [-0.1, -0.05) is 24.3 Å². The van der Waals surface area contributed by atoms with E-state index in [1.165, 1.54) is 77.0 Å². The van der Waals surface area contributed by atoms with Gasteiger partial charge < -0.3 is 18.9 Å². The van der Waals surface area contributed by atoms with E-state index in [0.29, 0.717) is 22.3 Å². The minimum absolute atomic E-state index is 0.000821. The zero-order chi connectivity index (χ0) is 26.8. The molecule has 1 aliphatic carbocycles. The van der Waals surface area contributed by atoms with E-state index in [0.717, 1.165) is 0 Å². The van der Waals surface area contributed by atoms with E-state index in [1.807, 2.05) is 0 Å². The van der Waals surface area contributed by atoms with E-state index in [9.17, 15) is 26.3 Å². The molecule has 0 saturated carbocycles. The van der Waals surface area contributed by atoms with Gasteiger partial charge in [0.1, 0.15) is 0 Å². The maximum Gasteiger partial charge on any atom is 0.446 e. The van der Waals surface area contributed by atoms with Crippen LogP contribution in [0.3, 0.4) is 0 Å². The van der Waals surface area contributed by atoms with Gasteiger partial charge in [-0.05, 0) is 71.1 Å². The van der Waals surface area contributed by atoms with Crippen molar-refractivity contribution in [1.29, 1.82) is 0 Å². The van der Waals surface area contributed by atoms with Gasteiger partial charge in [0.25, 0.3) is 0 Å². The van der Waals surface area contributed by atoms with E-state index in [2.05, 4.69) is 0 Å². The van der Waals surface area contributed by atoms with Crippen molar-refractivity contribution in [1.82, 2.24) is 0 Å². The van der Waals surface area contributed by atoms with Crippen LogP contribution in [0.5, 0.6) is 0 Å². The lowest BCUT2D eigenvalue weighted by Crippen LogP contribution is -2.44. The van der Waals surface area contributed by atoms with Gasteiger partial charge >= 0.3 is 11.0 Å². The van der Waals surface area contributed by atoms with Crippen molar-refractivity contribution in [2.45, 2.75) is 32.4 Å². The number of hydrogen-bond acceptors (Lipinski definition) is 6. The van der Waals surface area contributed by atoms with Crippen LogP contribution in [-0.2, 0) is 18.9 Å². The van der Waals surface area contributed by atoms with E-state index in [1.54, 1.807) is 12.2 Å². The number of methoxy groups -OCH3 is 4. The Hall–Kier alpha value is -1.96. The Bertz CT molecular complexity index is 1010. The molecule has 0 radical (unpaired) electrons. The van der Waals surface area contributed by atoms with E-state index in [-0.39, 0.29) is 33.3 Å². The van der Waals surface area contributed by atoms with E-state index >= 15 is 0 Å². The van der Waals surface area contributed by atoms with Crippen molar-refractivity contribution in [3.8, 4) is 0 Å². The summed E-state index contributed by atoms with van der Waals surface area (Å²) in [5, 5.41) is 0. The first kappa shape index (κ1) is 28.6. The highest BCUT2D eigenvalue weighted by molar-refractivity contribution is 8.00. The van der Waals surface area contributed by atoms with Crippen molar-refractivity contribution < 1.29 is 45.3 Å². The van der Waals surface area contributed by atoms with Gasteiger partial charge in [-0.15, -0.1) is 0 Å². The first-order valence-electron chi connectivity index (χ1n) is 10.2. The molecule has 12 heteroatoms. The molecule has 36 heavy (non-hydrogen) atoms. The highest BCUT2D eigenvalue weighted by atomic mass is 32.2. The molecule has 2 aromatic carbocycles. The number of alkyl halides is 6. The molecular formula is C24H22F6O4S2. The molecule has 196 valence electrons. The van der Waals surface area contributed by atoms with Crippen LogP contribution in [0.4, 0.5) is 26.3 Å². The molecule has 0 spiro atoms. The standard InChI is InChI=1S/C24H22F6O4S2/c1-31-21(32-2)13-20(16-7-11-18(12-8-16)36-24(28,29)30)22(33-3,34-4)14-19(21)15-5-9-17(10-6-15)35-23(25,26)27/h5-14H,1-4H3. The second kappa shape index (κ2) is 10.8. The molecule has 0 bridgehead atoms. The van der Waals surface area contributed by atoms with Crippen LogP contribution in [0.25, 0.3) is 11.1 Å². The van der Waals surface area contributed by atoms with Crippen LogP contribution < -0.4 is 0 Å². The smallest absolute Gasteiger partial charge is 0.346 e. The molecular weight excluding hydrogens is 530 g/mol. The molecule has 0 unspecified atom stereocenters. The number of ether oxygens (including phenoxy) is 4. The zero-order valence-electron chi connectivity index (χ0n) is 19.5. The Morgan fingerprint density at radius 3 is 1.03 bits per heavy atom. The molecule has 0 amide bonds. The SMILES string of the molecule is COC1(OC)C=C(c2ccc(SC(F)(F)F)cc2)C(OC)(OC)C=C1c1ccc(SC(F)(F)F)cc1. The van der Waals surface area contributed by atoms with E-state index < -0.39 is 22.6 Å². The summed E-state index contributed by atoms with van der Waals surface area (Å²) in [6.07, 6.45) is 3.14. The number of benzene rings is 2. The third kappa shape index (κ3) is 6.29. The van der Waals surface area contributed by atoms with E-state index in [4.69, 9.17) is 18.9 Å². The van der Waals surface area contributed by atoms with Gasteiger partial charge in [-0.3, -0.25) is 0 Å². The fourth-order valence-electron chi connectivity index (χ4n) is 3.82. The first-order chi connectivity index (χ1) is 16.8. The lowest BCUT2D eigenvalue weighted by Gasteiger charge is -2.42. The largest absolute Gasteiger partial charge is 0.446 e. The van der Waals surface area contributed by atoms with Gasteiger partial charge in [0.05, 0.1) is 0 Å². The first-order valence-corrected chi connectivity index (χ1v) is 11.8. The van der Waals surface area contributed by atoms with Crippen molar-refractivity contribution in [2.24, 2.45) is 0 Å². The minimum Gasteiger partial charge on any atom is -0.346 e. The molecule has 0 saturated heterocycles. The topological polar surface area (TPSA) is 36.9 Å². The van der Waals surface area contributed by atoms with Gasteiger partial charge in [0.2, 0.25) is 11.6 Å². The molecule has 0 heterocycles. The number of halogens is 6. The van der Waals surface area contributed by atoms with Gasteiger partial charge in [-0.2, -0.15) is 26.3 Å². The van der Waals surface area contributed by atoms with Crippen LogP contribution >= 0.6 is 23.5 Å². The summed E-state index contributed by atoms with van der Waals surface area (Å²) in [5.41, 5.74) is -7.10. The summed E-state index contributed by atoms with van der Waals surface area (Å²) >= 11 is -0.474. The molecule has 0 aliphatic heterocycles.